The first-order valence-corrected chi connectivity index (χ1v) is 8.09. The van der Waals surface area contributed by atoms with E-state index in [-0.39, 0.29) is 5.56 Å². The van der Waals surface area contributed by atoms with Crippen molar-refractivity contribution in [1.29, 1.82) is 0 Å². The first kappa shape index (κ1) is 14.7. The fourth-order valence-electron chi connectivity index (χ4n) is 3.21. The molecule has 7 heteroatoms. The van der Waals surface area contributed by atoms with Crippen LogP contribution in [-0.2, 0) is 14.1 Å². The SMILES string of the molecule is Cn1nc(N2CCN(c3nc4ccccc4n3C)CC2)ccc1=O. The Morgan fingerprint density at radius 2 is 1.62 bits per heavy atom. The van der Waals surface area contributed by atoms with Gasteiger partial charge in [0.2, 0.25) is 5.95 Å². The van der Waals surface area contributed by atoms with E-state index >= 15 is 0 Å². The lowest BCUT2D eigenvalue weighted by Crippen LogP contribution is -2.48. The molecule has 1 aliphatic rings. The molecular weight excluding hydrogens is 304 g/mol. The van der Waals surface area contributed by atoms with Gasteiger partial charge < -0.3 is 14.4 Å². The van der Waals surface area contributed by atoms with Gasteiger partial charge in [0, 0.05) is 46.3 Å². The van der Waals surface area contributed by atoms with Gasteiger partial charge in [-0.2, -0.15) is 5.10 Å². The normalized spacial score (nSPS) is 15.2. The summed E-state index contributed by atoms with van der Waals surface area (Å²) in [6, 6.07) is 11.6. The third-order valence-electron chi connectivity index (χ3n) is 4.60. The maximum absolute atomic E-state index is 11.5. The van der Waals surface area contributed by atoms with Gasteiger partial charge in [0.1, 0.15) is 5.82 Å². The van der Waals surface area contributed by atoms with Crippen LogP contribution in [0.4, 0.5) is 11.8 Å². The van der Waals surface area contributed by atoms with Gasteiger partial charge in [-0.05, 0) is 18.2 Å². The van der Waals surface area contributed by atoms with Crippen molar-refractivity contribution >= 4 is 22.8 Å². The minimum Gasteiger partial charge on any atom is -0.352 e. The Bertz CT molecular complexity index is 936. The summed E-state index contributed by atoms with van der Waals surface area (Å²) in [6.07, 6.45) is 0. The highest BCUT2D eigenvalue weighted by Gasteiger charge is 2.22. The molecule has 0 amide bonds. The molecule has 7 nitrogen and oxygen atoms in total. The number of imidazole rings is 1. The second kappa shape index (κ2) is 5.67. The van der Waals surface area contributed by atoms with Crippen molar-refractivity contribution in [2.75, 3.05) is 36.0 Å². The second-order valence-corrected chi connectivity index (χ2v) is 6.09. The van der Waals surface area contributed by atoms with Gasteiger partial charge in [-0.3, -0.25) is 4.79 Å². The smallest absolute Gasteiger partial charge is 0.266 e. The van der Waals surface area contributed by atoms with E-state index in [0.717, 1.165) is 49.0 Å². The highest BCUT2D eigenvalue weighted by molar-refractivity contribution is 5.78. The van der Waals surface area contributed by atoms with Crippen LogP contribution in [0.5, 0.6) is 0 Å². The van der Waals surface area contributed by atoms with Gasteiger partial charge in [-0.1, -0.05) is 12.1 Å². The van der Waals surface area contributed by atoms with E-state index in [2.05, 4.69) is 32.6 Å². The van der Waals surface area contributed by atoms with Gasteiger partial charge in [0.25, 0.3) is 5.56 Å². The molecular formula is C17H20N6O. The molecule has 1 fully saturated rings. The number of piperazine rings is 1. The van der Waals surface area contributed by atoms with Crippen molar-refractivity contribution in [1.82, 2.24) is 19.3 Å². The number of rotatable bonds is 2. The number of hydrogen-bond donors (Lipinski definition) is 0. The van der Waals surface area contributed by atoms with E-state index in [1.165, 1.54) is 4.68 Å². The molecule has 1 aliphatic heterocycles. The maximum Gasteiger partial charge on any atom is 0.266 e. The molecule has 0 N–H and O–H groups in total. The van der Waals surface area contributed by atoms with Crippen LogP contribution in [0.1, 0.15) is 0 Å². The molecule has 3 heterocycles. The molecule has 2 aromatic heterocycles. The molecule has 0 atom stereocenters. The number of aryl methyl sites for hydroxylation is 2. The van der Waals surface area contributed by atoms with Gasteiger partial charge in [0.15, 0.2) is 0 Å². The van der Waals surface area contributed by atoms with Crippen LogP contribution in [-0.4, -0.2) is 45.5 Å². The van der Waals surface area contributed by atoms with Crippen molar-refractivity contribution < 1.29 is 0 Å². The van der Waals surface area contributed by atoms with Gasteiger partial charge in [-0.25, -0.2) is 9.67 Å². The van der Waals surface area contributed by atoms with Crippen LogP contribution in [0, 0.1) is 0 Å². The van der Waals surface area contributed by atoms with Crippen molar-refractivity contribution in [2.24, 2.45) is 14.1 Å². The molecule has 0 spiro atoms. The molecule has 0 aliphatic carbocycles. The lowest BCUT2D eigenvalue weighted by atomic mass is 10.3. The molecule has 1 saturated heterocycles. The minimum absolute atomic E-state index is 0.0860. The fourth-order valence-corrected chi connectivity index (χ4v) is 3.21. The Balaban J connectivity index is 1.54. The standard InChI is InChI=1S/C17H20N6O/c1-20-14-6-4-3-5-13(14)18-17(20)23-11-9-22(10-12-23)15-7-8-16(24)21(2)19-15/h3-8H,9-12H2,1-2H3. The zero-order valence-corrected chi connectivity index (χ0v) is 13.9. The third kappa shape index (κ3) is 2.42. The lowest BCUT2D eigenvalue weighted by Gasteiger charge is -2.35. The fraction of sp³-hybridized carbons (Fsp3) is 0.353. The van der Waals surface area contributed by atoms with Gasteiger partial charge >= 0.3 is 0 Å². The molecule has 124 valence electrons. The highest BCUT2D eigenvalue weighted by atomic mass is 16.1. The summed E-state index contributed by atoms with van der Waals surface area (Å²) in [5.74, 6) is 1.85. The Hall–Kier alpha value is -2.83. The predicted octanol–water partition coefficient (Wildman–Crippen LogP) is 0.994. The molecule has 3 aromatic rings. The van der Waals surface area contributed by atoms with Crippen molar-refractivity contribution in [3.63, 3.8) is 0 Å². The molecule has 4 rings (SSSR count). The summed E-state index contributed by atoms with van der Waals surface area (Å²) in [6.45, 7) is 3.46. The monoisotopic (exact) mass is 324 g/mol. The molecule has 1 aromatic carbocycles. The number of hydrogen-bond acceptors (Lipinski definition) is 5. The topological polar surface area (TPSA) is 59.2 Å². The second-order valence-electron chi connectivity index (χ2n) is 6.09. The predicted molar refractivity (Wildman–Crippen MR) is 94.6 cm³/mol. The Kier molecular flexibility index (Phi) is 3.48. The number of para-hydroxylation sites is 2. The lowest BCUT2D eigenvalue weighted by molar-refractivity contribution is 0.610. The molecule has 24 heavy (non-hydrogen) atoms. The van der Waals surface area contributed by atoms with Crippen molar-refractivity contribution in [3.8, 4) is 0 Å². The molecule has 0 saturated carbocycles. The number of benzene rings is 1. The largest absolute Gasteiger partial charge is 0.352 e. The minimum atomic E-state index is -0.0860. The summed E-state index contributed by atoms with van der Waals surface area (Å²) in [5.41, 5.74) is 2.09. The van der Waals surface area contributed by atoms with Gasteiger partial charge in [-0.15, -0.1) is 0 Å². The van der Waals surface area contributed by atoms with Crippen LogP contribution < -0.4 is 15.4 Å². The summed E-state index contributed by atoms with van der Waals surface area (Å²) in [5, 5.41) is 4.34. The Labute approximate surface area is 139 Å². The zero-order chi connectivity index (χ0) is 16.7. The van der Waals surface area contributed by atoms with Crippen LogP contribution in [0.2, 0.25) is 0 Å². The third-order valence-corrected chi connectivity index (χ3v) is 4.60. The van der Waals surface area contributed by atoms with Crippen LogP contribution in [0.25, 0.3) is 11.0 Å². The van der Waals surface area contributed by atoms with Gasteiger partial charge in [0.05, 0.1) is 11.0 Å². The molecule has 0 radical (unpaired) electrons. The summed E-state index contributed by atoms with van der Waals surface area (Å²) >= 11 is 0. The first-order chi connectivity index (χ1) is 11.6. The summed E-state index contributed by atoms with van der Waals surface area (Å²) in [7, 11) is 3.74. The number of aromatic nitrogens is 4. The van der Waals surface area contributed by atoms with E-state index in [4.69, 9.17) is 4.98 Å². The summed E-state index contributed by atoms with van der Waals surface area (Å²) in [4.78, 5) is 20.8. The van der Waals surface area contributed by atoms with E-state index in [0.29, 0.717) is 0 Å². The first-order valence-electron chi connectivity index (χ1n) is 8.09. The molecule has 0 bridgehead atoms. The van der Waals surface area contributed by atoms with E-state index in [1.54, 1.807) is 19.2 Å². The van der Waals surface area contributed by atoms with Crippen LogP contribution in [0.15, 0.2) is 41.2 Å². The number of nitrogens with zero attached hydrogens (tertiary/aromatic N) is 6. The van der Waals surface area contributed by atoms with Crippen molar-refractivity contribution in [2.45, 2.75) is 0 Å². The average Bonchev–Trinajstić information content (AvgIpc) is 2.95. The number of fused-ring (bicyclic) bond motifs is 1. The van der Waals surface area contributed by atoms with Crippen LogP contribution >= 0.6 is 0 Å². The number of anilines is 2. The van der Waals surface area contributed by atoms with Crippen molar-refractivity contribution in [3.05, 3.63) is 46.8 Å². The van der Waals surface area contributed by atoms with E-state index in [1.807, 2.05) is 18.2 Å². The van der Waals surface area contributed by atoms with Crippen LogP contribution in [0.3, 0.4) is 0 Å². The Morgan fingerprint density at radius 3 is 2.33 bits per heavy atom. The zero-order valence-electron chi connectivity index (χ0n) is 13.9. The average molecular weight is 324 g/mol. The van der Waals surface area contributed by atoms with E-state index < -0.39 is 0 Å². The highest BCUT2D eigenvalue weighted by Crippen LogP contribution is 2.22. The van der Waals surface area contributed by atoms with E-state index in [9.17, 15) is 4.79 Å². The summed E-state index contributed by atoms with van der Waals surface area (Å²) < 4.78 is 3.53. The molecule has 0 unspecified atom stereocenters. The Morgan fingerprint density at radius 1 is 0.917 bits per heavy atom. The quantitative estimate of drug-likeness (QED) is 0.704. The maximum atomic E-state index is 11.5.